The fraction of sp³-hybridized carbons (Fsp3) is 1.00. The van der Waals surface area contributed by atoms with Crippen LogP contribution in [0, 0.1) is 10.8 Å². The smallest absolute Gasteiger partial charge is 0.318 e. The molecule has 0 heterocycles. The second kappa shape index (κ2) is 30.7. The van der Waals surface area contributed by atoms with Gasteiger partial charge in [0.25, 0.3) is 0 Å². The number of nitrogens with one attached hydrogen (secondary N) is 1. The number of hydrogen-bond donors (Lipinski definition) is 2. The van der Waals surface area contributed by atoms with Crippen LogP contribution in [0.2, 0.25) is 51.4 Å². The van der Waals surface area contributed by atoms with Crippen molar-refractivity contribution < 1.29 is 18.4 Å². The highest BCUT2D eigenvalue weighted by Gasteiger charge is 2.31. The molecule has 284 valence electrons. The summed E-state index contributed by atoms with van der Waals surface area (Å²) >= 11 is 3.38. The molecule has 0 aliphatic carbocycles. The highest BCUT2D eigenvalue weighted by Crippen LogP contribution is 2.23. The molecule has 0 unspecified atom stereocenters. The fourth-order valence-electron chi connectivity index (χ4n) is 4.27. The predicted octanol–water partition coefficient (Wildman–Crippen LogP) is 11.8. The van der Waals surface area contributed by atoms with Crippen LogP contribution in [0.3, 0.4) is 0 Å². The Labute approximate surface area is 304 Å². The molecular formula is C37H88BrNO4Si3. The molecule has 46 heavy (non-hydrogen) atoms. The summed E-state index contributed by atoms with van der Waals surface area (Å²) < 4.78 is 17.1. The van der Waals surface area contributed by atoms with Gasteiger partial charge in [0.15, 0.2) is 8.32 Å². The van der Waals surface area contributed by atoms with Gasteiger partial charge >= 0.3 is 8.56 Å². The Kier molecular flexibility index (Phi) is 35.9. The average molecular weight is 775 g/mol. The van der Waals surface area contributed by atoms with Crippen molar-refractivity contribution in [1.82, 2.24) is 5.32 Å². The zero-order valence-electron chi connectivity index (χ0n) is 34.6. The van der Waals surface area contributed by atoms with E-state index in [1.54, 1.807) is 0 Å². The summed E-state index contributed by atoms with van der Waals surface area (Å²) in [6.07, 6.45) is 12.9. The quantitative estimate of drug-likeness (QED) is 0.0691. The van der Waals surface area contributed by atoms with Gasteiger partial charge in [-0.2, -0.15) is 0 Å². The third-order valence-electron chi connectivity index (χ3n) is 6.42. The van der Waals surface area contributed by atoms with Crippen molar-refractivity contribution in [2.45, 2.75) is 189 Å². The molecule has 0 saturated carbocycles. The van der Waals surface area contributed by atoms with Gasteiger partial charge in [0.1, 0.15) is 0 Å². The first-order chi connectivity index (χ1) is 20.7. The lowest BCUT2D eigenvalue weighted by molar-refractivity contribution is 0.0451. The second-order valence-corrected chi connectivity index (χ2v) is 31.2. The molecule has 0 fully saturated rings. The lowest BCUT2D eigenvalue weighted by Crippen LogP contribution is -2.44. The molecule has 9 heteroatoms. The maximum Gasteiger partial charge on any atom is 0.318 e. The van der Waals surface area contributed by atoms with Crippen LogP contribution >= 0.6 is 15.9 Å². The van der Waals surface area contributed by atoms with E-state index in [1.807, 2.05) is 20.1 Å². The van der Waals surface area contributed by atoms with Gasteiger partial charge < -0.3 is 23.7 Å². The molecule has 0 amide bonds. The molecule has 5 nitrogen and oxygen atoms in total. The standard InChI is InChI=1S/C14H31NO2.C10H24Si.C9H24O2Si2.C4H9Br/c1-14(2,3)8-5-6-10-16-12-13-17-11-7-9-15-4;1-10(2,3)8-6-7-9-11(4)5;1-6-7-8-9-12(2,3)11-13(4,5)10;1-4(2,3)5/h15H,5-13H2,1-4H3;11H,6-9H2,1-5H3;10H,6-9H2,1-5H3;1-3H3. The highest BCUT2D eigenvalue weighted by atomic mass is 79.9. The number of rotatable bonds is 21. The summed E-state index contributed by atoms with van der Waals surface area (Å²) in [5.41, 5.74) is 1.01. The van der Waals surface area contributed by atoms with Crippen LogP contribution in [0.25, 0.3) is 0 Å². The van der Waals surface area contributed by atoms with Crippen molar-refractivity contribution in [2.75, 3.05) is 40.0 Å². The number of hydrogen-bond acceptors (Lipinski definition) is 5. The van der Waals surface area contributed by atoms with Gasteiger partial charge in [0, 0.05) is 26.3 Å². The van der Waals surface area contributed by atoms with E-state index in [1.165, 1.54) is 63.5 Å². The minimum Gasteiger partial charge on any atom is -0.436 e. The van der Waals surface area contributed by atoms with Crippen LogP contribution in [-0.2, 0) is 13.6 Å². The fourth-order valence-corrected chi connectivity index (χ4v) is 12.3. The maximum atomic E-state index is 9.66. The van der Waals surface area contributed by atoms with Gasteiger partial charge in [-0.1, -0.05) is 143 Å². The molecule has 0 rings (SSSR count). The van der Waals surface area contributed by atoms with Crippen molar-refractivity contribution in [3.8, 4) is 0 Å². The first kappa shape index (κ1) is 53.7. The average Bonchev–Trinajstić information content (AvgIpc) is 2.82. The third-order valence-corrected chi connectivity index (χ3v) is 13.7. The van der Waals surface area contributed by atoms with Gasteiger partial charge in [-0.3, -0.25) is 0 Å². The van der Waals surface area contributed by atoms with Crippen LogP contribution in [0.5, 0.6) is 0 Å². The monoisotopic (exact) mass is 774 g/mol. The van der Waals surface area contributed by atoms with E-state index in [-0.39, 0.29) is 8.80 Å². The van der Waals surface area contributed by atoms with Gasteiger partial charge in [0.2, 0.25) is 0 Å². The van der Waals surface area contributed by atoms with Crippen LogP contribution < -0.4 is 5.32 Å². The summed E-state index contributed by atoms with van der Waals surface area (Å²) in [5, 5.41) is 3.09. The van der Waals surface area contributed by atoms with Gasteiger partial charge in [-0.15, -0.1) is 0 Å². The van der Waals surface area contributed by atoms with E-state index in [0.717, 1.165) is 45.8 Å². The van der Waals surface area contributed by atoms with Crippen LogP contribution in [0.15, 0.2) is 0 Å². The molecule has 0 radical (unpaired) electrons. The van der Waals surface area contributed by atoms with Gasteiger partial charge in [0.05, 0.1) is 13.2 Å². The van der Waals surface area contributed by atoms with Crippen molar-refractivity contribution in [3.05, 3.63) is 0 Å². The minimum absolute atomic E-state index is 0.256. The van der Waals surface area contributed by atoms with E-state index >= 15 is 0 Å². The van der Waals surface area contributed by atoms with Crippen molar-refractivity contribution >= 4 is 41.6 Å². The molecule has 0 aliphatic heterocycles. The largest absolute Gasteiger partial charge is 0.436 e. The summed E-state index contributed by atoms with van der Waals surface area (Å²) in [6, 6.07) is 2.72. The lowest BCUT2D eigenvalue weighted by Gasteiger charge is -2.29. The number of halogens is 1. The predicted molar refractivity (Wildman–Crippen MR) is 222 cm³/mol. The lowest BCUT2D eigenvalue weighted by atomic mass is 9.90. The van der Waals surface area contributed by atoms with Crippen molar-refractivity contribution in [1.29, 1.82) is 0 Å². The van der Waals surface area contributed by atoms with Crippen LogP contribution in [-0.4, -0.2) is 74.8 Å². The Hall–Kier alpha value is 0.931. The molecular weight excluding hydrogens is 687 g/mol. The molecule has 0 spiro atoms. The first-order valence-electron chi connectivity index (χ1n) is 18.7. The van der Waals surface area contributed by atoms with Crippen LogP contribution in [0.1, 0.15) is 133 Å². The van der Waals surface area contributed by atoms with Gasteiger partial charge in [-0.25, -0.2) is 0 Å². The summed E-state index contributed by atoms with van der Waals surface area (Å²) in [6.45, 7) is 39.5. The highest BCUT2D eigenvalue weighted by molar-refractivity contribution is 9.10. The Morgan fingerprint density at radius 1 is 0.674 bits per heavy atom. The maximum absolute atomic E-state index is 9.66. The Morgan fingerprint density at radius 2 is 1.11 bits per heavy atom. The molecule has 0 bridgehead atoms. The SMILES string of the molecule is CC(C)(C)Br.CCCCC[Si](C)(C)O[Si](C)(C)O.CNCCCOCCOCCCCC(C)(C)C.C[SiH](C)CCCCC(C)(C)C. The topological polar surface area (TPSA) is 60.0 Å². The first-order valence-corrected chi connectivity index (χ1v) is 28.5. The number of ether oxygens (including phenoxy) is 2. The normalized spacial score (nSPS) is 12.5. The Bertz CT molecular complexity index is 620. The molecule has 0 atom stereocenters. The second-order valence-electron chi connectivity index (χ2n) is 17.7. The number of alkyl halides is 1. The summed E-state index contributed by atoms with van der Waals surface area (Å²) in [5.74, 6) is 0. The van der Waals surface area contributed by atoms with E-state index in [2.05, 4.69) is 117 Å². The van der Waals surface area contributed by atoms with Crippen molar-refractivity contribution in [3.63, 3.8) is 0 Å². The Morgan fingerprint density at radius 3 is 1.48 bits per heavy atom. The van der Waals surface area contributed by atoms with Crippen LogP contribution in [0.4, 0.5) is 0 Å². The third kappa shape index (κ3) is 71.1. The molecule has 0 aliphatic rings. The van der Waals surface area contributed by atoms with Crippen molar-refractivity contribution in [2.24, 2.45) is 10.8 Å². The summed E-state index contributed by atoms with van der Waals surface area (Å²) in [4.78, 5) is 9.66. The molecule has 0 saturated heterocycles. The molecule has 0 aromatic carbocycles. The molecule has 0 aromatic rings. The van der Waals surface area contributed by atoms with E-state index in [4.69, 9.17) is 13.6 Å². The van der Waals surface area contributed by atoms with E-state index in [9.17, 15) is 4.80 Å². The summed E-state index contributed by atoms with van der Waals surface area (Å²) in [7, 11) is -2.15. The molecule has 2 N–H and O–H groups in total. The number of unbranched alkanes of at least 4 members (excludes halogenated alkanes) is 4. The molecule has 0 aromatic heterocycles. The van der Waals surface area contributed by atoms with E-state index in [0.29, 0.717) is 15.2 Å². The minimum atomic E-state index is -2.29. The Balaban J connectivity index is -0.000000273. The van der Waals surface area contributed by atoms with E-state index < -0.39 is 16.9 Å². The van der Waals surface area contributed by atoms with Gasteiger partial charge in [-0.05, 0) is 82.3 Å². The zero-order chi connectivity index (χ0) is 36.9. The zero-order valence-corrected chi connectivity index (χ0v) is 39.4.